The summed E-state index contributed by atoms with van der Waals surface area (Å²) in [5.74, 6) is 0.306. The highest BCUT2D eigenvalue weighted by molar-refractivity contribution is 5.88. The van der Waals surface area contributed by atoms with Crippen molar-refractivity contribution >= 4 is 5.91 Å². The van der Waals surface area contributed by atoms with E-state index in [0.717, 1.165) is 19.4 Å². The Morgan fingerprint density at radius 3 is 2.41 bits per heavy atom. The number of hydrogen-bond donors (Lipinski definition) is 1. The summed E-state index contributed by atoms with van der Waals surface area (Å²) < 4.78 is 0. The van der Waals surface area contributed by atoms with Gasteiger partial charge < -0.3 is 4.90 Å². The predicted octanol–water partition coefficient (Wildman–Crippen LogP) is 2.51. The molecular weight excluding hydrogens is 212 g/mol. The molecule has 0 aromatic carbocycles. The van der Waals surface area contributed by atoms with Crippen LogP contribution in [0, 0.1) is 5.41 Å². The Morgan fingerprint density at radius 1 is 1.35 bits per heavy atom. The van der Waals surface area contributed by atoms with Gasteiger partial charge in [-0.25, -0.2) is 0 Å². The van der Waals surface area contributed by atoms with Crippen molar-refractivity contribution in [3.63, 3.8) is 0 Å². The van der Waals surface area contributed by atoms with Gasteiger partial charge in [-0.2, -0.15) is 0 Å². The molecule has 3 nitrogen and oxygen atoms in total. The average Bonchev–Trinajstić information content (AvgIpc) is 2.52. The third-order valence-electron chi connectivity index (χ3n) is 4.80. The molecule has 98 valence electrons. The molecule has 2 fully saturated rings. The summed E-state index contributed by atoms with van der Waals surface area (Å²) in [6, 6.07) is 0. The van der Waals surface area contributed by atoms with E-state index in [0.29, 0.717) is 11.3 Å². The maximum absolute atomic E-state index is 12.5. The monoisotopic (exact) mass is 238 g/mol. The molecule has 0 radical (unpaired) electrons. The molecule has 1 aliphatic heterocycles. The summed E-state index contributed by atoms with van der Waals surface area (Å²) in [7, 11) is 0. The van der Waals surface area contributed by atoms with Gasteiger partial charge in [0.15, 0.2) is 0 Å². The zero-order chi connectivity index (χ0) is 12.7. The SMILES string of the molecule is CCC1NC(C)(CC)C(=O)N1CC1(C)CCC1. The summed E-state index contributed by atoms with van der Waals surface area (Å²) in [5, 5.41) is 3.51. The van der Waals surface area contributed by atoms with Gasteiger partial charge in [0, 0.05) is 6.54 Å². The van der Waals surface area contributed by atoms with Gasteiger partial charge in [0.25, 0.3) is 0 Å². The Hall–Kier alpha value is -0.570. The summed E-state index contributed by atoms with van der Waals surface area (Å²) in [6.07, 6.45) is 5.98. The second-order valence-electron chi connectivity index (χ2n) is 6.35. The van der Waals surface area contributed by atoms with Gasteiger partial charge >= 0.3 is 0 Å². The van der Waals surface area contributed by atoms with E-state index >= 15 is 0 Å². The highest BCUT2D eigenvalue weighted by Gasteiger charge is 2.48. The molecule has 1 heterocycles. The molecule has 0 bridgehead atoms. The Kier molecular flexibility index (Phi) is 3.23. The topological polar surface area (TPSA) is 32.3 Å². The van der Waals surface area contributed by atoms with Crippen LogP contribution < -0.4 is 5.32 Å². The first-order valence-corrected chi connectivity index (χ1v) is 7.03. The molecule has 1 aliphatic carbocycles. The van der Waals surface area contributed by atoms with Crippen molar-refractivity contribution in [3.05, 3.63) is 0 Å². The van der Waals surface area contributed by atoms with Crippen molar-refractivity contribution in [2.24, 2.45) is 5.41 Å². The van der Waals surface area contributed by atoms with Crippen molar-refractivity contribution in [1.29, 1.82) is 0 Å². The first-order chi connectivity index (χ1) is 7.94. The number of carbonyl (C=O) groups is 1. The van der Waals surface area contributed by atoms with Crippen LogP contribution in [0.25, 0.3) is 0 Å². The van der Waals surface area contributed by atoms with E-state index in [-0.39, 0.29) is 11.7 Å². The normalized spacial score (nSPS) is 36.1. The van der Waals surface area contributed by atoms with Crippen LogP contribution in [0.5, 0.6) is 0 Å². The molecule has 3 heteroatoms. The van der Waals surface area contributed by atoms with Gasteiger partial charge in [-0.05, 0) is 38.0 Å². The summed E-state index contributed by atoms with van der Waals surface area (Å²) >= 11 is 0. The Labute approximate surface area is 105 Å². The lowest BCUT2D eigenvalue weighted by Gasteiger charge is -2.42. The molecule has 1 amide bonds. The maximum atomic E-state index is 12.5. The van der Waals surface area contributed by atoms with Crippen molar-refractivity contribution < 1.29 is 4.79 Å². The summed E-state index contributed by atoms with van der Waals surface area (Å²) in [6.45, 7) is 9.54. The Bertz CT molecular complexity index is 311. The van der Waals surface area contributed by atoms with Crippen molar-refractivity contribution in [2.45, 2.75) is 71.5 Å². The molecule has 0 aromatic heterocycles. The van der Waals surface area contributed by atoms with Gasteiger partial charge in [0.2, 0.25) is 5.91 Å². The van der Waals surface area contributed by atoms with Gasteiger partial charge in [-0.1, -0.05) is 27.2 Å². The molecule has 2 atom stereocenters. The van der Waals surface area contributed by atoms with Gasteiger partial charge in [-0.15, -0.1) is 0 Å². The number of rotatable bonds is 4. The summed E-state index contributed by atoms with van der Waals surface area (Å²) in [5.41, 5.74) is 0.0462. The highest BCUT2D eigenvalue weighted by Crippen LogP contribution is 2.42. The van der Waals surface area contributed by atoms with Gasteiger partial charge in [0.1, 0.15) is 0 Å². The largest absolute Gasteiger partial charge is 0.325 e. The van der Waals surface area contributed by atoms with E-state index < -0.39 is 0 Å². The standard InChI is InChI=1S/C14H26N2O/c1-5-11-15-14(4,6-2)12(17)16(11)10-13(3)8-7-9-13/h11,15H,5-10H2,1-4H3. The van der Waals surface area contributed by atoms with E-state index in [4.69, 9.17) is 0 Å². The second-order valence-corrected chi connectivity index (χ2v) is 6.35. The number of nitrogens with zero attached hydrogens (tertiary/aromatic N) is 1. The van der Waals surface area contributed by atoms with E-state index in [1.165, 1.54) is 19.3 Å². The lowest BCUT2D eigenvalue weighted by atomic mass is 9.70. The minimum atomic E-state index is -0.333. The second kappa shape index (κ2) is 4.27. The van der Waals surface area contributed by atoms with Crippen LogP contribution in [0.1, 0.15) is 59.8 Å². The molecule has 1 N–H and O–H groups in total. The van der Waals surface area contributed by atoms with Crippen LogP contribution in [0.15, 0.2) is 0 Å². The van der Waals surface area contributed by atoms with E-state index in [9.17, 15) is 4.79 Å². The number of hydrogen-bond acceptors (Lipinski definition) is 2. The molecule has 2 aliphatic rings. The van der Waals surface area contributed by atoms with Crippen molar-refractivity contribution in [1.82, 2.24) is 10.2 Å². The fourth-order valence-corrected chi connectivity index (χ4v) is 3.07. The molecule has 1 saturated carbocycles. The molecular formula is C14H26N2O. The van der Waals surface area contributed by atoms with Crippen LogP contribution in [-0.2, 0) is 4.79 Å². The van der Waals surface area contributed by atoms with Crippen LogP contribution in [-0.4, -0.2) is 29.1 Å². The molecule has 17 heavy (non-hydrogen) atoms. The molecule has 2 rings (SSSR count). The van der Waals surface area contributed by atoms with E-state index in [2.05, 4.69) is 31.0 Å². The number of amides is 1. The van der Waals surface area contributed by atoms with Gasteiger partial charge in [-0.3, -0.25) is 10.1 Å². The number of carbonyl (C=O) groups excluding carboxylic acids is 1. The third-order valence-corrected chi connectivity index (χ3v) is 4.80. The molecule has 1 saturated heterocycles. The minimum Gasteiger partial charge on any atom is -0.325 e. The van der Waals surface area contributed by atoms with Crippen LogP contribution in [0.4, 0.5) is 0 Å². The minimum absolute atomic E-state index is 0.241. The fourth-order valence-electron chi connectivity index (χ4n) is 3.07. The zero-order valence-corrected chi connectivity index (χ0v) is 11.7. The Balaban J connectivity index is 2.11. The molecule has 2 unspecified atom stereocenters. The molecule has 0 spiro atoms. The molecule has 0 aromatic rings. The quantitative estimate of drug-likeness (QED) is 0.816. The van der Waals surface area contributed by atoms with Gasteiger partial charge in [0.05, 0.1) is 11.7 Å². The van der Waals surface area contributed by atoms with Crippen LogP contribution in [0.2, 0.25) is 0 Å². The predicted molar refractivity (Wildman–Crippen MR) is 69.6 cm³/mol. The lowest BCUT2D eigenvalue weighted by Crippen LogP contribution is -2.46. The van der Waals surface area contributed by atoms with E-state index in [1.807, 2.05) is 6.92 Å². The third kappa shape index (κ3) is 2.10. The average molecular weight is 238 g/mol. The van der Waals surface area contributed by atoms with Crippen LogP contribution in [0.3, 0.4) is 0 Å². The van der Waals surface area contributed by atoms with E-state index in [1.54, 1.807) is 0 Å². The van der Waals surface area contributed by atoms with Crippen molar-refractivity contribution in [2.75, 3.05) is 6.54 Å². The highest BCUT2D eigenvalue weighted by atomic mass is 16.2. The lowest BCUT2D eigenvalue weighted by molar-refractivity contribution is -0.135. The summed E-state index contributed by atoms with van der Waals surface area (Å²) in [4.78, 5) is 14.6. The fraction of sp³-hybridized carbons (Fsp3) is 0.929. The maximum Gasteiger partial charge on any atom is 0.243 e. The smallest absolute Gasteiger partial charge is 0.243 e. The van der Waals surface area contributed by atoms with Crippen molar-refractivity contribution in [3.8, 4) is 0 Å². The van der Waals surface area contributed by atoms with Crippen LogP contribution >= 0.6 is 0 Å². The first kappa shape index (κ1) is 12.9. The number of nitrogens with one attached hydrogen (secondary N) is 1. The Morgan fingerprint density at radius 2 is 2.00 bits per heavy atom. The first-order valence-electron chi connectivity index (χ1n) is 7.03. The zero-order valence-electron chi connectivity index (χ0n) is 11.7.